The summed E-state index contributed by atoms with van der Waals surface area (Å²) < 4.78 is 44.2. The fourth-order valence-corrected chi connectivity index (χ4v) is 1.46. The van der Waals surface area contributed by atoms with Crippen molar-refractivity contribution < 1.29 is 17.9 Å². The third-order valence-corrected chi connectivity index (χ3v) is 2.20. The zero-order chi connectivity index (χ0) is 13.3. The lowest BCUT2D eigenvalue weighted by Gasteiger charge is -2.09. The molecule has 0 radical (unpaired) electrons. The van der Waals surface area contributed by atoms with Crippen LogP contribution in [0.4, 0.5) is 13.2 Å². The van der Waals surface area contributed by atoms with E-state index in [4.69, 9.17) is 16.3 Å². The first-order chi connectivity index (χ1) is 8.34. The van der Waals surface area contributed by atoms with Crippen LogP contribution in [0.5, 0.6) is 11.6 Å². The van der Waals surface area contributed by atoms with Gasteiger partial charge in [0.15, 0.2) is 5.75 Å². The molecule has 2 aromatic heterocycles. The summed E-state index contributed by atoms with van der Waals surface area (Å²) >= 11 is 5.52. The largest absolute Gasteiger partial charge is 0.436 e. The van der Waals surface area contributed by atoms with Crippen LogP contribution in [-0.4, -0.2) is 14.8 Å². The molecule has 0 aliphatic carbocycles. The van der Waals surface area contributed by atoms with Crippen molar-refractivity contribution in [1.29, 1.82) is 0 Å². The maximum Gasteiger partial charge on any atom is 0.416 e. The second kappa shape index (κ2) is 4.49. The van der Waals surface area contributed by atoms with Gasteiger partial charge in [-0.05, 0) is 6.07 Å². The van der Waals surface area contributed by atoms with Gasteiger partial charge in [0.1, 0.15) is 5.15 Å². The van der Waals surface area contributed by atoms with Gasteiger partial charge in [-0.1, -0.05) is 11.6 Å². The van der Waals surface area contributed by atoms with Gasteiger partial charge in [0.05, 0.1) is 18.0 Å². The minimum absolute atomic E-state index is 0.233. The van der Waals surface area contributed by atoms with Crippen LogP contribution in [0.2, 0.25) is 5.15 Å². The number of nitrogens with zero attached hydrogens (tertiary/aromatic N) is 3. The Kier molecular flexibility index (Phi) is 3.16. The quantitative estimate of drug-likeness (QED) is 0.791. The van der Waals surface area contributed by atoms with Crippen molar-refractivity contribution in [3.63, 3.8) is 0 Å². The molecular formula is C10H7ClF3N3O. The van der Waals surface area contributed by atoms with E-state index >= 15 is 0 Å². The molecule has 0 spiro atoms. The summed E-state index contributed by atoms with van der Waals surface area (Å²) in [6.45, 7) is 0. The molecule has 2 rings (SSSR count). The van der Waals surface area contributed by atoms with E-state index in [1.165, 1.54) is 17.1 Å². The Morgan fingerprint density at radius 2 is 2.06 bits per heavy atom. The van der Waals surface area contributed by atoms with Crippen molar-refractivity contribution in [2.45, 2.75) is 6.18 Å². The maximum absolute atomic E-state index is 12.5. The summed E-state index contributed by atoms with van der Waals surface area (Å²) in [6.07, 6.45) is -1.65. The Balaban J connectivity index is 2.31. The molecule has 0 unspecified atom stereocenters. The summed E-state index contributed by atoms with van der Waals surface area (Å²) in [4.78, 5) is 3.66. The smallest absolute Gasteiger partial charge is 0.416 e. The van der Waals surface area contributed by atoms with Gasteiger partial charge in [-0.3, -0.25) is 4.68 Å². The Hall–Kier alpha value is -1.76. The molecule has 4 nitrogen and oxygen atoms in total. The zero-order valence-corrected chi connectivity index (χ0v) is 9.83. The van der Waals surface area contributed by atoms with E-state index in [0.29, 0.717) is 0 Å². The van der Waals surface area contributed by atoms with Crippen molar-refractivity contribution in [2.24, 2.45) is 7.05 Å². The molecule has 0 atom stereocenters. The minimum atomic E-state index is -4.50. The fraction of sp³-hybridized carbons (Fsp3) is 0.200. The Bertz CT molecular complexity index is 568. The summed E-state index contributed by atoms with van der Waals surface area (Å²) in [7, 11) is 1.65. The predicted octanol–water partition coefficient (Wildman–Crippen LogP) is 3.28. The molecule has 8 heteroatoms. The molecule has 0 aromatic carbocycles. The molecular weight excluding hydrogens is 271 g/mol. The molecule has 18 heavy (non-hydrogen) atoms. The molecule has 0 saturated heterocycles. The van der Waals surface area contributed by atoms with E-state index in [9.17, 15) is 13.2 Å². The highest BCUT2D eigenvalue weighted by Crippen LogP contribution is 2.33. The highest BCUT2D eigenvalue weighted by Gasteiger charge is 2.31. The van der Waals surface area contributed by atoms with Gasteiger partial charge in [-0.15, -0.1) is 0 Å². The van der Waals surface area contributed by atoms with Gasteiger partial charge in [-0.2, -0.15) is 18.3 Å². The topological polar surface area (TPSA) is 39.9 Å². The van der Waals surface area contributed by atoms with Crippen LogP contribution < -0.4 is 4.74 Å². The molecule has 0 fully saturated rings. The van der Waals surface area contributed by atoms with Crippen molar-refractivity contribution in [3.05, 3.63) is 35.2 Å². The van der Waals surface area contributed by atoms with Crippen molar-refractivity contribution in [2.75, 3.05) is 0 Å². The Morgan fingerprint density at radius 3 is 2.61 bits per heavy atom. The van der Waals surface area contributed by atoms with E-state index in [1.54, 1.807) is 7.05 Å². The van der Waals surface area contributed by atoms with Gasteiger partial charge in [0.25, 0.3) is 0 Å². The predicted molar refractivity (Wildman–Crippen MR) is 57.5 cm³/mol. The SMILES string of the molecule is Cn1cc(Oc2cc(C(F)(F)F)cc(Cl)n2)cn1. The third-order valence-electron chi connectivity index (χ3n) is 2.00. The number of rotatable bonds is 2. The van der Waals surface area contributed by atoms with Crippen molar-refractivity contribution in [3.8, 4) is 11.6 Å². The molecule has 0 bridgehead atoms. The summed E-state index contributed by atoms with van der Waals surface area (Å²) in [5, 5.41) is 3.53. The van der Waals surface area contributed by atoms with E-state index in [0.717, 1.165) is 12.1 Å². The number of alkyl halides is 3. The van der Waals surface area contributed by atoms with Gasteiger partial charge in [0, 0.05) is 13.1 Å². The van der Waals surface area contributed by atoms with Gasteiger partial charge in [0.2, 0.25) is 5.88 Å². The molecule has 2 aromatic rings. The first kappa shape index (κ1) is 12.7. The van der Waals surface area contributed by atoms with E-state index in [-0.39, 0.29) is 16.8 Å². The zero-order valence-electron chi connectivity index (χ0n) is 9.07. The summed E-state index contributed by atoms with van der Waals surface area (Å²) in [6, 6.07) is 1.51. The van der Waals surface area contributed by atoms with Crippen LogP contribution in [0.1, 0.15) is 5.56 Å². The number of halogens is 4. The average Bonchev–Trinajstić information content (AvgIpc) is 2.61. The standard InChI is InChI=1S/C10H7ClF3N3O/c1-17-5-7(4-15-17)18-9-3-6(10(12,13)14)2-8(11)16-9/h2-5H,1H3. The monoisotopic (exact) mass is 277 g/mol. The maximum atomic E-state index is 12.5. The summed E-state index contributed by atoms with van der Waals surface area (Å²) in [5.74, 6) is 0.0446. The normalized spacial score (nSPS) is 11.6. The van der Waals surface area contributed by atoms with Crippen LogP contribution in [0.3, 0.4) is 0 Å². The number of hydrogen-bond acceptors (Lipinski definition) is 3. The molecule has 2 heterocycles. The number of ether oxygens (including phenoxy) is 1. The number of aryl methyl sites for hydroxylation is 1. The van der Waals surface area contributed by atoms with Crippen LogP contribution in [0.25, 0.3) is 0 Å². The molecule has 0 amide bonds. The van der Waals surface area contributed by atoms with Crippen LogP contribution in [0.15, 0.2) is 24.5 Å². The van der Waals surface area contributed by atoms with E-state index in [2.05, 4.69) is 10.1 Å². The highest BCUT2D eigenvalue weighted by atomic mass is 35.5. The fourth-order valence-electron chi connectivity index (χ4n) is 1.26. The molecule has 0 aliphatic rings. The summed E-state index contributed by atoms with van der Waals surface area (Å²) in [5.41, 5.74) is -0.915. The van der Waals surface area contributed by atoms with Gasteiger partial charge in [-0.25, -0.2) is 4.98 Å². The van der Waals surface area contributed by atoms with Crippen LogP contribution in [-0.2, 0) is 13.2 Å². The molecule has 0 N–H and O–H groups in total. The molecule has 0 aliphatic heterocycles. The Labute approximate surface area is 105 Å². The lowest BCUT2D eigenvalue weighted by Crippen LogP contribution is -2.05. The number of hydrogen-bond donors (Lipinski definition) is 0. The third kappa shape index (κ3) is 2.92. The second-order valence-corrected chi connectivity index (χ2v) is 3.85. The van der Waals surface area contributed by atoms with Crippen LogP contribution >= 0.6 is 11.6 Å². The molecule has 96 valence electrons. The van der Waals surface area contributed by atoms with Crippen molar-refractivity contribution in [1.82, 2.24) is 14.8 Å². The highest BCUT2D eigenvalue weighted by molar-refractivity contribution is 6.29. The van der Waals surface area contributed by atoms with Crippen molar-refractivity contribution >= 4 is 11.6 Å². The van der Waals surface area contributed by atoms with Gasteiger partial charge >= 0.3 is 6.18 Å². The molecule has 0 saturated carbocycles. The minimum Gasteiger partial charge on any atom is -0.436 e. The lowest BCUT2D eigenvalue weighted by molar-refractivity contribution is -0.137. The number of pyridine rings is 1. The van der Waals surface area contributed by atoms with E-state index < -0.39 is 11.7 Å². The first-order valence-electron chi connectivity index (χ1n) is 4.76. The number of aromatic nitrogens is 3. The van der Waals surface area contributed by atoms with E-state index in [1.807, 2.05) is 0 Å². The lowest BCUT2D eigenvalue weighted by atomic mass is 10.2. The van der Waals surface area contributed by atoms with Gasteiger partial charge < -0.3 is 4.74 Å². The Morgan fingerprint density at radius 1 is 1.33 bits per heavy atom. The average molecular weight is 278 g/mol. The first-order valence-corrected chi connectivity index (χ1v) is 5.14. The second-order valence-electron chi connectivity index (χ2n) is 3.47. The van der Waals surface area contributed by atoms with Crippen LogP contribution in [0, 0.1) is 0 Å².